The van der Waals surface area contributed by atoms with Gasteiger partial charge in [0.1, 0.15) is 5.75 Å². The van der Waals surface area contributed by atoms with Crippen LogP contribution in [0, 0.1) is 0 Å². The third-order valence-corrected chi connectivity index (χ3v) is 2.43. The van der Waals surface area contributed by atoms with E-state index in [0.29, 0.717) is 6.61 Å². The molecule has 0 amide bonds. The molecule has 1 aromatic carbocycles. The van der Waals surface area contributed by atoms with Gasteiger partial charge < -0.3 is 9.30 Å². The van der Waals surface area contributed by atoms with Crippen molar-refractivity contribution in [1.29, 1.82) is 0 Å². The Labute approximate surface area is 100 Å². The highest BCUT2D eigenvalue weighted by molar-refractivity contribution is 5.20. The Kier molecular flexibility index (Phi) is 3.97. The zero-order valence-corrected chi connectivity index (χ0v) is 9.58. The average molecular weight is 229 g/mol. The first-order valence-corrected chi connectivity index (χ1v) is 5.68. The molecule has 0 unspecified atom stereocenters. The summed E-state index contributed by atoms with van der Waals surface area (Å²) in [6.45, 7) is 1.53. The van der Waals surface area contributed by atoms with Gasteiger partial charge in [0.2, 0.25) is 0 Å². The number of ether oxygens (including phenoxy) is 1. The molecule has 0 aliphatic carbocycles. The van der Waals surface area contributed by atoms with Crippen LogP contribution in [-0.4, -0.2) is 11.2 Å². The van der Waals surface area contributed by atoms with Gasteiger partial charge in [-0.25, -0.2) is 0 Å². The fourth-order valence-corrected chi connectivity index (χ4v) is 1.55. The largest absolute Gasteiger partial charge is 0.494 e. The molecule has 17 heavy (non-hydrogen) atoms. The quantitative estimate of drug-likeness (QED) is 0.737. The van der Waals surface area contributed by atoms with Crippen LogP contribution >= 0.6 is 0 Å². The van der Waals surface area contributed by atoms with Crippen molar-refractivity contribution in [3.63, 3.8) is 0 Å². The first-order chi connectivity index (χ1) is 8.34. The summed E-state index contributed by atoms with van der Waals surface area (Å²) >= 11 is 0. The Morgan fingerprint density at radius 1 is 1.00 bits per heavy atom. The lowest BCUT2D eigenvalue weighted by Gasteiger charge is -2.07. The number of rotatable bonds is 5. The van der Waals surface area contributed by atoms with Crippen LogP contribution in [0.2, 0.25) is 0 Å². The molecular weight excluding hydrogens is 214 g/mol. The van der Waals surface area contributed by atoms with E-state index in [0.717, 1.165) is 18.7 Å². The van der Waals surface area contributed by atoms with Gasteiger partial charge in [-0.3, -0.25) is 4.79 Å². The summed E-state index contributed by atoms with van der Waals surface area (Å²) in [5.41, 5.74) is 0.0433. The summed E-state index contributed by atoms with van der Waals surface area (Å²) < 4.78 is 7.56. The maximum atomic E-state index is 10.9. The fourth-order valence-electron chi connectivity index (χ4n) is 1.55. The molecule has 0 bridgehead atoms. The lowest BCUT2D eigenvalue weighted by atomic mass is 10.3. The normalized spacial score (nSPS) is 10.1. The second kappa shape index (κ2) is 5.89. The fraction of sp³-hybridized carbons (Fsp3) is 0.214. The van der Waals surface area contributed by atoms with E-state index in [1.807, 2.05) is 34.9 Å². The lowest BCUT2D eigenvalue weighted by Crippen LogP contribution is -2.07. The van der Waals surface area contributed by atoms with Crippen molar-refractivity contribution in [2.45, 2.75) is 13.0 Å². The van der Waals surface area contributed by atoms with Gasteiger partial charge >= 0.3 is 0 Å². The predicted octanol–water partition coefficient (Wildman–Crippen LogP) is 2.32. The molecule has 0 saturated carbocycles. The second-order valence-electron chi connectivity index (χ2n) is 3.79. The Morgan fingerprint density at radius 3 is 2.41 bits per heavy atom. The van der Waals surface area contributed by atoms with Crippen LogP contribution in [0.4, 0.5) is 0 Å². The van der Waals surface area contributed by atoms with Crippen molar-refractivity contribution >= 4 is 0 Å². The van der Waals surface area contributed by atoms with Crippen LogP contribution < -0.4 is 10.2 Å². The molecule has 88 valence electrons. The summed E-state index contributed by atoms with van der Waals surface area (Å²) in [7, 11) is 0. The number of hydrogen-bond donors (Lipinski definition) is 0. The summed E-state index contributed by atoms with van der Waals surface area (Å²) in [6, 6.07) is 12.9. The summed E-state index contributed by atoms with van der Waals surface area (Å²) in [4.78, 5) is 10.9. The van der Waals surface area contributed by atoms with Crippen LogP contribution in [0.3, 0.4) is 0 Å². The number of aromatic nitrogens is 1. The molecule has 0 atom stereocenters. The van der Waals surface area contributed by atoms with E-state index in [1.165, 1.54) is 0 Å². The van der Waals surface area contributed by atoms with Crippen molar-refractivity contribution in [3.05, 3.63) is 65.1 Å². The van der Waals surface area contributed by atoms with Crippen LogP contribution in [-0.2, 0) is 6.54 Å². The third-order valence-electron chi connectivity index (χ3n) is 2.43. The monoisotopic (exact) mass is 229 g/mol. The van der Waals surface area contributed by atoms with E-state index in [4.69, 9.17) is 4.74 Å². The highest BCUT2D eigenvalue weighted by Gasteiger charge is 1.93. The van der Waals surface area contributed by atoms with Crippen molar-refractivity contribution in [3.8, 4) is 5.75 Å². The maximum absolute atomic E-state index is 10.9. The van der Waals surface area contributed by atoms with Gasteiger partial charge in [0.15, 0.2) is 5.43 Å². The molecule has 3 heteroatoms. The number of hydrogen-bond acceptors (Lipinski definition) is 2. The first kappa shape index (κ1) is 11.5. The molecule has 0 aliphatic rings. The van der Waals surface area contributed by atoms with Crippen molar-refractivity contribution in [1.82, 2.24) is 4.57 Å². The van der Waals surface area contributed by atoms with Gasteiger partial charge in [0, 0.05) is 31.1 Å². The van der Waals surface area contributed by atoms with E-state index in [9.17, 15) is 4.79 Å². The number of para-hydroxylation sites is 1. The second-order valence-corrected chi connectivity index (χ2v) is 3.79. The molecule has 0 saturated heterocycles. The van der Waals surface area contributed by atoms with E-state index >= 15 is 0 Å². The lowest BCUT2D eigenvalue weighted by molar-refractivity contribution is 0.301. The molecule has 1 heterocycles. The zero-order valence-electron chi connectivity index (χ0n) is 9.58. The number of aryl methyl sites for hydroxylation is 1. The van der Waals surface area contributed by atoms with E-state index in [1.54, 1.807) is 24.5 Å². The Bertz CT molecular complexity index is 485. The Hall–Kier alpha value is -2.03. The van der Waals surface area contributed by atoms with Gasteiger partial charge in [-0.1, -0.05) is 18.2 Å². The Balaban J connectivity index is 1.73. The molecule has 2 aromatic rings. The van der Waals surface area contributed by atoms with Gasteiger partial charge in [-0.15, -0.1) is 0 Å². The van der Waals surface area contributed by atoms with Crippen LogP contribution in [0.25, 0.3) is 0 Å². The minimum atomic E-state index is 0.0433. The van der Waals surface area contributed by atoms with E-state index in [2.05, 4.69) is 0 Å². The van der Waals surface area contributed by atoms with Crippen LogP contribution in [0.15, 0.2) is 59.7 Å². The molecule has 2 rings (SSSR count). The molecule has 0 spiro atoms. The maximum Gasteiger partial charge on any atom is 0.181 e. The third kappa shape index (κ3) is 3.79. The standard InChI is InChI=1S/C14H15NO2/c16-13-7-10-15(11-8-13)9-4-12-17-14-5-2-1-3-6-14/h1-3,5-8,10-11H,4,9,12H2. The summed E-state index contributed by atoms with van der Waals surface area (Å²) in [5, 5.41) is 0. The minimum Gasteiger partial charge on any atom is -0.494 e. The zero-order chi connectivity index (χ0) is 11.9. The average Bonchev–Trinajstić information content (AvgIpc) is 2.38. The smallest absolute Gasteiger partial charge is 0.181 e. The van der Waals surface area contributed by atoms with E-state index < -0.39 is 0 Å². The van der Waals surface area contributed by atoms with Crippen LogP contribution in [0.5, 0.6) is 5.75 Å². The topological polar surface area (TPSA) is 31.2 Å². The molecular formula is C14H15NO2. The van der Waals surface area contributed by atoms with Crippen LogP contribution in [0.1, 0.15) is 6.42 Å². The number of nitrogens with zero attached hydrogens (tertiary/aromatic N) is 1. The molecule has 3 nitrogen and oxygen atoms in total. The van der Waals surface area contributed by atoms with Gasteiger partial charge in [-0.2, -0.15) is 0 Å². The molecule has 0 aliphatic heterocycles. The number of benzene rings is 1. The molecule has 1 aromatic heterocycles. The number of pyridine rings is 1. The van der Waals surface area contributed by atoms with Gasteiger partial charge in [-0.05, 0) is 18.6 Å². The molecule has 0 fully saturated rings. The summed E-state index contributed by atoms with van der Waals surface area (Å²) in [6.07, 6.45) is 4.51. The SMILES string of the molecule is O=c1ccn(CCCOc2ccccc2)cc1. The van der Waals surface area contributed by atoms with E-state index in [-0.39, 0.29) is 5.43 Å². The van der Waals surface area contributed by atoms with Gasteiger partial charge in [0.05, 0.1) is 6.61 Å². The predicted molar refractivity (Wildman–Crippen MR) is 67.3 cm³/mol. The van der Waals surface area contributed by atoms with Crippen molar-refractivity contribution in [2.75, 3.05) is 6.61 Å². The van der Waals surface area contributed by atoms with Gasteiger partial charge in [0.25, 0.3) is 0 Å². The van der Waals surface area contributed by atoms with Crippen molar-refractivity contribution in [2.24, 2.45) is 0 Å². The highest BCUT2D eigenvalue weighted by Crippen LogP contribution is 2.08. The Morgan fingerprint density at radius 2 is 1.71 bits per heavy atom. The molecule has 0 radical (unpaired) electrons. The molecule has 0 N–H and O–H groups in total. The summed E-state index contributed by atoms with van der Waals surface area (Å²) in [5.74, 6) is 0.896. The highest BCUT2D eigenvalue weighted by atomic mass is 16.5. The first-order valence-electron chi connectivity index (χ1n) is 5.68. The van der Waals surface area contributed by atoms with Crippen molar-refractivity contribution < 1.29 is 4.74 Å². The minimum absolute atomic E-state index is 0.0433.